The molecule has 1 aromatic heterocycles. The van der Waals surface area contributed by atoms with E-state index in [1.54, 1.807) is 0 Å². The van der Waals surface area contributed by atoms with Crippen LogP contribution in [0.25, 0.3) is 11.3 Å². The molecular formula is C15H19N3O3S. The number of nitrogens with two attached hydrogens (primary N) is 1. The van der Waals surface area contributed by atoms with Crippen molar-refractivity contribution >= 4 is 22.2 Å². The van der Waals surface area contributed by atoms with Gasteiger partial charge in [-0.05, 0) is 25.1 Å². The predicted molar refractivity (Wildman–Crippen MR) is 87.4 cm³/mol. The highest BCUT2D eigenvalue weighted by Crippen LogP contribution is 2.37. The van der Waals surface area contributed by atoms with E-state index in [1.807, 2.05) is 35.4 Å². The van der Waals surface area contributed by atoms with E-state index in [0.717, 1.165) is 22.7 Å². The summed E-state index contributed by atoms with van der Waals surface area (Å²) in [5.74, 6) is 0.774. The Labute approximate surface area is 132 Å². The molecule has 6 nitrogen and oxygen atoms in total. The average molecular weight is 321 g/mol. The number of hydrogen-bond acceptors (Lipinski definition) is 7. The van der Waals surface area contributed by atoms with E-state index in [-0.39, 0.29) is 12.7 Å². The first kappa shape index (κ1) is 15.1. The summed E-state index contributed by atoms with van der Waals surface area (Å²) >= 11 is 1.40. The second kappa shape index (κ2) is 6.12. The van der Waals surface area contributed by atoms with Gasteiger partial charge in [0.05, 0.1) is 30.6 Å². The van der Waals surface area contributed by atoms with Crippen molar-refractivity contribution in [3.05, 3.63) is 23.6 Å². The number of aliphatic hydroxyl groups excluding tert-OH is 2. The summed E-state index contributed by atoms with van der Waals surface area (Å²) in [6.07, 6.45) is -0.754. The van der Waals surface area contributed by atoms with Gasteiger partial charge in [-0.2, -0.15) is 0 Å². The first-order chi connectivity index (χ1) is 10.6. The molecule has 7 heteroatoms. The number of aromatic nitrogens is 1. The fraction of sp³-hybridized carbons (Fsp3) is 0.400. The molecule has 2 unspecified atom stereocenters. The smallest absolute Gasteiger partial charge is 0.180 e. The molecule has 0 saturated heterocycles. The fourth-order valence-electron chi connectivity index (χ4n) is 2.59. The van der Waals surface area contributed by atoms with Gasteiger partial charge < -0.3 is 25.6 Å². The lowest BCUT2D eigenvalue weighted by atomic mass is 10.1. The third kappa shape index (κ3) is 3.01. The van der Waals surface area contributed by atoms with Crippen molar-refractivity contribution in [1.29, 1.82) is 0 Å². The summed E-state index contributed by atoms with van der Waals surface area (Å²) in [6.45, 7) is 2.74. The Bertz CT molecular complexity index is 661. The second-order valence-corrected chi connectivity index (χ2v) is 6.31. The van der Waals surface area contributed by atoms with E-state index in [9.17, 15) is 5.11 Å². The molecule has 22 heavy (non-hydrogen) atoms. The van der Waals surface area contributed by atoms with E-state index in [1.165, 1.54) is 11.3 Å². The molecule has 0 saturated carbocycles. The van der Waals surface area contributed by atoms with Gasteiger partial charge in [-0.25, -0.2) is 4.98 Å². The molecule has 0 radical (unpaired) electrons. The van der Waals surface area contributed by atoms with Gasteiger partial charge in [0.2, 0.25) is 0 Å². The summed E-state index contributed by atoms with van der Waals surface area (Å²) in [5, 5.41) is 21.3. The summed E-state index contributed by atoms with van der Waals surface area (Å²) in [6, 6.07) is 5.85. The molecule has 1 aliphatic heterocycles. The Hall–Kier alpha value is -1.83. The molecule has 4 N–H and O–H groups in total. The van der Waals surface area contributed by atoms with Crippen molar-refractivity contribution in [2.24, 2.45) is 0 Å². The van der Waals surface area contributed by atoms with Gasteiger partial charge in [-0.15, -0.1) is 11.3 Å². The number of anilines is 2. The maximum absolute atomic E-state index is 9.75. The largest absolute Gasteiger partial charge is 0.487 e. The van der Waals surface area contributed by atoms with E-state index >= 15 is 0 Å². The zero-order valence-corrected chi connectivity index (χ0v) is 13.1. The zero-order chi connectivity index (χ0) is 15.7. The number of ether oxygens (including phenoxy) is 1. The summed E-state index contributed by atoms with van der Waals surface area (Å²) in [7, 11) is 0. The third-order valence-corrected chi connectivity index (χ3v) is 4.24. The number of thiazole rings is 1. The first-order valence-corrected chi connectivity index (χ1v) is 8.00. The Morgan fingerprint density at radius 3 is 3.05 bits per heavy atom. The highest BCUT2D eigenvalue weighted by molar-refractivity contribution is 7.13. The number of fused-ring (bicyclic) bond motifs is 1. The number of hydrogen-bond donors (Lipinski definition) is 3. The van der Waals surface area contributed by atoms with Gasteiger partial charge in [0.15, 0.2) is 5.13 Å². The van der Waals surface area contributed by atoms with Gasteiger partial charge in [0.25, 0.3) is 0 Å². The Morgan fingerprint density at radius 2 is 2.36 bits per heavy atom. The molecule has 2 heterocycles. The normalized spacial score (nSPS) is 18.7. The number of benzene rings is 1. The molecule has 118 valence electrons. The van der Waals surface area contributed by atoms with Crippen LogP contribution in [0.15, 0.2) is 23.6 Å². The zero-order valence-electron chi connectivity index (χ0n) is 12.3. The number of nitrogen functional groups attached to an aromatic ring is 1. The van der Waals surface area contributed by atoms with Crippen molar-refractivity contribution in [2.75, 3.05) is 30.3 Å². The standard InChI is InChI=1S/C15H19N3O3S/c1-9-5-18(6-11(20)7-19)13-4-10(2-3-14(13)21-9)12-8-22-15(16)17-12/h2-4,8-9,11,19-20H,5-7H2,1H3,(H2,16,17). The predicted octanol–water partition coefficient (Wildman–Crippen LogP) is 1.33. The summed E-state index contributed by atoms with van der Waals surface area (Å²) in [4.78, 5) is 6.33. The van der Waals surface area contributed by atoms with Crippen LogP contribution in [0.4, 0.5) is 10.8 Å². The molecule has 0 amide bonds. The van der Waals surface area contributed by atoms with E-state index < -0.39 is 6.10 Å². The van der Waals surface area contributed by atoms with Gasteiger partial charge in [0, 0.05) is 17.5 Å². The van der Waals surface area contributed by atoms with Crippen LogP contribution in [-0.4, -0.2) is 47.1 Å². The number of aliphatic hydroxyl groups is 2. The topological polar surface area (TPSA) is 91.8 Å². The molecule has 0 aliphatic carbocycles. The molecule has 0 spiro atoms. The molecular weight excluding hydrogens is 302 g/mol. The Morgan fingerprint density at radius 1 is 1.55 bits per heavy atom. The van der Waals surface area contributed by atoms with Crippen LogP contribution in [0.3, 0.4) is 0 Å². The van der Waals surface area contributed by atoms with Crippen LogP contribution in [-0.2, 0) is 0 Å². The summed E-state index contributed by atoms with van der Waals surface area (Å²) < 4.78 is 5.85. The first-order valence-electron chi connectivity index (χ1n) is 7.12. The van der Waals surface area contributed by atoms with Crippen molar-refractivity contribution in [3.63, 3.8) is 0 Å². The van der Waals surface area contributed by atoms with Crippen molar-refractivity contribution in [1.82, 2.24) is 4.98 Å². The van der Waals surface area contributed by atoms with Crippen LogP contribution >= 0.6 is 11.3 Å². The van der Waals surface area contributed by atoms with Crippen LogP contribution in [0.1, 0.15) is 6.92 Å². The molecule has 0 bridgehead atoms. The number of nitrogens with zero attached hydrogens (tertiary/aromatic N) is 2. The van der Waals surface area contributed by atoms with Crippen molar-refractivity contribution < 1.29 is 14.9 Å². The van der Waals surface area contributed by atoms with Crippen LogP contribution in [0, 0.1) is 0 Å². The lowest BCUT2D eigenvalue weighted by Crippen LogP contribution is -2.43. The minimum absolute atomic E-state index is 0.0270. The molecule has 3 rings (SSSR count). The van der Waals surface area contributed by atoms with Gasteiger partial charge >= 0.3 is 0 Å². The fourth-order valence-corrected chi connectivity index (χ4v) is 3.16. The van der Waals surface area contributed by atoms with Gasteiger partial charge in [-0.3, -0.25) is 0 Å². The van der Waals surface area contributed by atoms with E-state index in [4.69, 9.17) is 15.6 Å². The lowest BCUT2D eigenvalue weighted by molar-refractivity contribution is 0.0961. The molecule has 1 aliphatic rings. The molecule has 2 aromatic rings. The Balaban J connectivity index is 1.95. The third-order valence-electron chi connectivity index (χ3n) is 3.56. The Kier molecular flexibility index (Phi) is 4.19. The molecule has 0 fully saturated rings. The maximum Gasteiger partial charge on any atom is 0.180 e. The number of β-amino-alcohol motifs (C(OH)–C–C–N with tert-alkyl or cyclic N) is 1. The SMILES string of the molecule is CC1CN(CC(O)CO)c2cc(-c3csc(N)n3)ccc2O1. The van der Waals surface area contributed by atoms with Gasteiger partial charge in [0.1, 0.15) is 11.9 Å². The quantitative estimate of drug-likeness (QED) is 0.787. The van der Waals surface area contributed by atoms with Crippen LogP contribution < -0.4 is 15.4 Å². The van der Waals surface area contributed by atoms with E-state index in [2.05, 4.69) is 4.98 Å². The second-order valence-electron chi connectivity index (χ2n) is 5.42. The van der Waals surface area contributed by atoms with E-state index in [0.29, 0.717) is 18.2 Å². The van der Waals surface area contributed by atoms with Crippen LogP contribution in [0.5, 0.6) is 5.75 Å². The van der Waals surface area contributed by atoms with Gasteiger partial charge in [-0.1, -0.05) is 0 Å². The number of rotatable bonds is 4. The highest BCUT2D eigenvalue weighted by atomic mass is 32.1. The van der Waals surface area contributed by atoms with Crippen LogP contribution in [0.2, 0.25) is 0 Å². The summed E-state index contributed by atoms with van der Waals surface area (Å²) in [5.41, 5.74) is 8.37. The average Bonchev–Trinajstić information content (AvgIpc) is 2.93. The minimum atomic E-state index is -0.781. The monoisotopic (exact) mass is 321 g/mol. The lowest BCUT2D eigenvalue weighted by Gasteiger charge is -2.36. The van der Waals surface area contributed by atoms with Crippen molar-refractivity contribution in [2.45, 2.75) is 19.1 Å². The highest BCUT2D eigenvalue weighted by Gasteiger charge is 2.25. The van der Waals surface area contributed by atoms with Crippen molar-refractivity contribution in [3.8, 4) is 17.0 Å². The minimum Gasteiger partial charge on any atom is -0.487 e. The molecule has 2 atom stereocenters. The molecule has 1 aromatic carbocycles. The maximum atomic E-state index is 9.75.